The van der Waals surface area contributed by atoms with E-state index in [4.69, 9.17) is 9.47 Å². The van der Waals surface area contributed by atoms with Crippen molar-refractivity contribution < 1.29 is 14.3 Å². The van der Waals surface area contributed by atoms with Gasteiger partial charge in [0.25, 0.3) is 5.91 Å². The van der Waals surface area contributed by atoms with Crippen LogP contribution in [0.1, 0.15) is 30.1 Å². The summed E-state index contributed by atoms with van der Waals surface area (Å²) < 4.78 is 11.3. The Bertz CT molecular complexity index is 886. The Labute approximate surface area is 183 Å². The average molecular weight is 423 g/mol. The van der Waals surface area contributed by atoms with Gasteiger partial charge in [0, 0.05) is 30.7 Å². The Morgan fingerprint density at radius 2 is 1.74 bits per heavy atom. The number of anilines is 1. The maximum absolute atomic E-state index is 12.8. The smallest absolute Gasteiger partial charge is 0.251 e. The molecule has 5 heterocycles. The van der Waals surface area contributed by atoms with Crippen LogP contribution in [0.15, 0.2) is 42.6 Å². The van der Waals surface area contributed by atoms with Crippen LogP contribution in [0.4, 0.5) is 5.82 Å². The summed E-state index contributed by atoms with van der Waals surface area (Å²) in [4.78, 5) is 22.0. The van der Waals surface area contributed by atoms with Gasteiger partial charge in [-0.15, -0.1) is 0 Å². The molecule has 4 aliphatic rings. The number of hydrogen-bond acceptors (Lipinski definition) is 6. The molecule has 2 unspecified atom stereocenters. The zero-order chi connectivity index (χ0) is 21.2. The standard InChI is InChI=1S/C24H30N4O3/c1-17-23(18-8-10-27(17)11-9-18)26-24(29)19-2-4-20(5-3-19)31-21-6-7-22(25-16-21)28-12-14-30-15-13-28/h2-7,16-18,23H,8-15H2,1H3,(H,26,29). The number of morpholine rings is 1. The molecule has 164 valence electrons. The van der Waals surface area contributed by atoms with E-state index in [1.54, 1.807) is 6.20 Å². The van der Waals surface area contributed by atoms with Crippen molar-refractivity contribution in [3.63, 3.8) is 0 Å². The van der Waals surface area contributed by atoms with Gasteiger partial charge in [-0.05, 0) is 75.2 Å². The van der Waals surface area contributed by atoms with Crippen LogP contribution in [0, 0.1) is 5.92 Å². The number of fused-ring (bicyclic) bond motifs is 3. The molecule has 0 aliphatic carbocycles. The molecule has 1 aromatic heterocycles. The van der Waals surface area contributed by atoms with Gasteiger partial charge >= 0.3 is 0 Å². The molecule has 7 nitrogen and oxygen atoms in total. The molecule has 4 aliphatic heterocycles. The summed E-state index contributed by atoms with van der Waals surface area (Å²) in [6.45, 7) is 7.73. The molecule has 1 N–H and O–H groups in total. The first kappa shape index (κ1) is 20.3. The average Bonchev–Trinajstić information content (AvgIpc) is 2.83. The fourth-order valence-electron chi connectivity index (χ4n) is 5.00. The predicted molar refractivity (Wildman–Crippen MR) is 119 cm³/mol. The maximum Gasteiger partial charge on any atom is 0.251 e. The van der Waals surface area contributed by atoms with Gasteiger partial charge in [-0.25, -0.2) is 4.98 Å². The number of nitrogens with one attached hydrogen (secondary N) is 1. The molecule has 6 rings (SSSR count). The van der Waals surface area contributed by atoms with Crippen molar-refractivity contribution in [1.82, 2.24) is 15.2 Å². The van der Waals surface area contributed by atoms with Gasteiger partial charge in [0.2, 0.25) is 0 Å². The summed E-state index contributed by atoms with van der Waals surface area (Å²) in [6.07, 6.45) is 4.10. The molecular formula is C24H30N4O3. The predicted octanol–water partition coefficient (Wildman–Crippen LogP) is 2.92. The molecule has 1 aromatic carbocycles. The van der Waals surface area contributed by atoms with Crippen LogP contribution in [0.3, 0.4) is 0 Å². The molecule has 0 spiro atoms. The van der Waals surface area contributed by atoms with Gasteiger partial charge in [-0.1, -0.05) is 0 Å². The summed E-state index contributed by atoms with van der Waals surface area (Å²) >= 11 is 0. The number of pyridine rings is 1. The van der Waals surface area contributed by atoms with Crippen molar-refractivity contribution in [2.75, 3.05) is 44.3 Å². The Morgan fingerprint density at radius 1 is 1.03 bits per heavy atom. The van der Waals surface area contributed by atoms with Crippen LogP contribution in [0.2, 0.25) is 0 Å². The van der Waals surface area contributed by atoms with Crippen molar-refractivity contribution in [1.29, 1.82) is 0 Å². The second-order valence-corrected chi connectivity index (χ2v) is 8.69. The third kappa shape index (κ3) is 4.38. The molecule has 0 saturated carbocycles. The SMILES string of the molecule is CC1C(NC(=O)c2ccc(Oc3ccc(N4CCOCC4)nc3)cc2)C2CCN1CC2. The largest absolute Gasteiger partial charge is 0.456 e. The number of carbonyl (C=O) groups excluding carboxylic acids is 1. The fraction of sp³-hybridized carbons (Fsp3) is 0.500. The van der Waals surface area contributed by atoms with E-state index in [1.165, 1.54) is 12.8 Å². The van der Waals surface area contributed by atoms with Gasteiger partial charge < -0.3 is 19.7 Å². The van der Waals surface area contributed by atoms with Crippen LogP contribution < -0.4 is 15.0 Å². The number of rotatable bonds is 5. The van der Waals surface area contributed by atoms with Gasteiger partial charge in [-0.3, -0.25) is 9.69 Å². The van der Waals surface area contributed by atoms with Gasteiger partial charge in [0.05, 0.1) is 19.4 Å². The molecule has 1 amide bonds. The summed E-state index contributed by atoms with van der Waals surface area (Å²) in [5.74, 6) is 2.89. The number of amides is 1. The minimum absolute atomic E-state index is 0.00585. The van der Waals surface area contributed by atoms with E-state index in [0.29, 0.717) is 29.0 Å². The normalized spacial score (nSPS) is 27.7. The topological polar surface area (TPSA) is 66.9 Å². The van der Waals surface area contributed by atoms with Crippen LogP contribution >= 0.6 is 0 Å². The number of nitrogens with zero attached hydrogens (tertiary/aromatic N) is 3. The Morgan fingerprint density at radius 3 is 2.39 bits per heavy atom. The quantitative estimate of drug-likeness (QED) is 0.799. The molecule has 2 aromatic rings. The van der Waals surface area contributed by atoms with Crippen LogP contribution in [-0.2, 0) is 4.74 Å². The van der Waals surface area contributed by atoms with Gasteiger partial charge in [0.15, 0.2) is 0 Å². The number of aromatic nitrogens is 1. The van der Waals surface area contributed by atoms with Crippen molar-refractivity contribution in [2.45, 2.75) is 31.8 Å². The molecule has 2 bridgehead atoms. The maximum atomic E-state index is 12.8. The molecule has 2 atom stereocenters. The lowest BCUT2D eigenvalue weighted by Crippen LogP contribution is -2.62. The van der Waals surface area contributed by atoms with E-state index in [9.17, 15) is 4.79 Å². The van der Waals surface area contributed by atoms with Crippen molar-refractivity contribution in [3.8, 4) is 11.5 Å². The lowest BCUT2D eigenvalue weighted by Gasteiger charge is -2.49. The first-order chi connectivity index (χ1) is 15.2. The third-order valence-corrected chi connectivity index (χ3v) is 6.88. The zero-order valence-electron chi connectivity index (χ0n) is 18.0. The third-order valence-electron chi connectivity index (χ3n) is 6.88. The second-order valence-electron chi connectivity index (χ2n) is 8.69. The summed E-state index contributed by atoms with van der Waals surface area (Å²) in [7, 11) is 0. The van der Waals surface area contributed by atoms with Crippen molar-refractivity contribution >= 4 is 11.7 Å². The minimum Gasteiger partial charge on any atom is -0.456 e. The van der Waals surface area contributed by atoms with Crippen LogP contribution in [0.25, 0.3) is 0 Å². The van der Waals surface area contributed by atoms with Crippen molar-refractivity contribution in [3.05, 3.63) is 48.2 Å². The van der Waals surface area contributed by atoms with E-state index >= 15 is 0 Å². The van der Waals surface area contributed by atoms with Crippen LogP contribution in [-0.4, -0.2) is 67.3 Å². The van der Waals surface area contributed by atoms with E-state index < -0.39 is 0 Å². The lowest BCUT2D eigenvalue weighted by molar-refractivity contribution is 0.0217. The number of benzene rings is 1. The zero-order valence-corrected chi connectivity index (χ0v) is 18.0. The fourth-order valence-corrected chi connectivity index (χ4v) is 5.00. The number of ether oxygens (including phenoxy) is 2. The Hall–Kier alpha value is -2.64. The minimum atomic E-state index is -0.00585. The van der Waals surface area contributed by atoms with E-state index in [-0.39, 0.29) is 11.9 Å². The van der Waals surface area contributed by atoms with Crippen LogP contribution in [0.5, 0.6) is 11.5 Å². The van der Waals surface area contributed by atoms with E-state index in [0.717, 1.165) is 45.2 Å². The van der Waals surface area contributed by atoms with Gasteiger partial charge in [-0.2, -0.15) is 0 Å². The second kappa shape index (κ2) is 8.85. The molecular weight excluding hydrogens is 392 g/mol. The molecule has 0 radical (unpaired) electrons. The molecule has 4 saturated heterocycles. The number of carbonyl (C=O) groups is 1. The summed E-state index contributed by atoms with van der Waals surface area (Å²) in [5, 5.41) is 3.28. The first-order valence-electron chi connectivity index (χ1n) is 11.3. The summed E-state index contributed by atoms with van der Waals surface area (Å²) in [6, 6.07) is 11.9. The highest BCUT2D eigenvalue weighted by atomic mass is 16.5. The molecule has 4 fully saturated rings. The Kier molecular flexibility index (Phi) is 5.78. The first-order valence-corrected chi connectivity index (χ1v) is 11.3. The number of hydrogen-bond donors (Lipinski definition) is 1. The lowest BCUT2D eigenvalue weighted by atomic mass is 9.79. The number of piperidine rings is 3. The highest BCUT2D eigenvalue weighted by Gasteiger charge is 2.40. The van der Waals surface area contributed by atoms with E-state index in [2.05, 4.69) is 27.0 Å². The molecule has 7 heteroatoms. The molecule has 31 heavy (non-hydrogen) atoms. The highest BCUT2D eigenvalue weighted by Crippen LogP contribution is 2.32. The van der Waals surface area contributed by atoms with Crippen molar-refractivity contribution in [2.24, 2.45) is 5.92 Å². The Balaban J connectivity index is 1.18. The van der Waals surface area contributed by atoms with E-state index in [1.807, 2.05) is 36.4 Å². The summed E-state index contributed by atoms with van der Waals surface area (Å²) in [5.41, 5.74) is 0.664. The highest BCUT2D eigenvalue weighted by molar-refractivity contribution is 5.94. The van der Waals surface area contributed by atoms with Gasteiger partial charge in [0.1, 0.15) is 17.3 Å². The monoisotopic (exact) mass is 422 g/mol.